The molecule has 0 amide bonds. The molecule has 0 radical (unpaired) electrons. The lowest BCUT2D eigenvalue weighted by Gasteiger charge is -2.33. The maximum Gasteiger partial charge on any atom is 0.337 e. The van der Waals surface area contributed by atoms with E-state index >= 15 is 0 Å². The van der Waals surface area contributed by atoms with Gasteiger partial charge in [0, 0.05) is 4.88 Å². The van der Waals surface area contributed by atoms with Gasteiger partial charge in [0.15, 0.2) is 0 Å². The van der Waals surface area contributed by atoms with Crippen molar-refractivity contribution in [1.82, 2.24) is 9.55 Å². The van der Waals surface area contributed by atoms with E-state index in [2.05, 4.69) is 25.8 Å². The Balaban J connectivity index is 1.65. The zero-order chi connectivity index (χ0) is 20.8. The molecule has 1 atom stereocenters. The van der Waals surface area contributed by atoms with Crippen molar-refractivity contribution in [3.63, 3.8) is 0 Å². The molecule has 6 heteroatoms. The fourth-order valence-electron chi connectivity index (χ4n) is 4.11. The maximum absolute atomic E-state index is 13.2. The van der Waals surface area contributed by atoms with Crippen LogP contribution in [0.15, 0.2) is 35.4 Å². The van der Waals surface area contributed by atoms with Gasteiger partial charge in [0.1, 0.15) is 4.83 Å². The standard InChI is InChI=1S/C23H26N2O3S/c1-23(2,3)16-9-10-17-18(11-16)29-20-19(17)21(26)25(13-24-20)12-14-5-7-15(8-6-14)22(27)28-4/h5-8,13,16H,9-12H2,1-4H3/t16-/m1/s1. The van der Waals surface area contributed by atoms with Crippen LogP contribution < -0.4 is 5.56 Å². The number of fused-ring (bicyclic) bond motifs is 3. The second kappa shape index (κ2) is 7.41. The number of carbonyl (C=O) groups is 1. The number of hydrogen-bond acceptors (Lipinski definition) is 5. The molecule has 0 saturated heterocycles. The summed E-state index contributed by atoms with van der Waals surface area (Å²) in [5, 5.41) is 0.797. The quantitative estimate of drug-likeness (QED) is 0.599. The van der Waals surface area contributed by atoms with Crippen LogP contribution in [0.1, 0.15) is 53.6 Å². The molecule has 0 spiro atoms. The zero-order valence-corrected chi connectivity index (χ0v) is 18.1. The van der Waals surface area contributed by atoms with E-state index < -0.39 is 0 Å². The van der Waals surface area contributed by atoms with E-state index in [0.29, 0.717) is 18.0 Å². The molecule has 0 fully saturated rings. The molecule has 0 bridgehead atoms. The van der Waals surface area contributed by atoms with Gasteiger partial charge in [0.05, 0.1) is 30.9 Å². The van der Waals surface area contributed by atoms with Gasteiger partial charge in [-0.15, -0.1) is 11.3 Å². The summed E-state index contributed by atoms with van der Waals surface area (Å²) in [7, 11) is 1.36. The van der Waals surface area contributed by atoms with Crippen molar-refractivity contribution in [2.45, 2.75) is 46.6 Å². The van der Waals surface area contributed by atoms with Gasteiger partial charge in [-0.25, -0.2) is 9.78 Å². The highest BCUT2D eigenvalue weighted by Gasteiger charge is 2.31. The van der Waals surface area contributed by atoms with Crippen LogP contribution in [0.25, 0.3) is 10.2 Å². The molecule has 1 aromatic carbocycles. The highest BCUT2D eigenvalue weighted by Crippen LogP contribution is 2.41. The van der Waals surface area contributed by atoms with Crippen LogP contribution in [0.2, 0.25) is 0 Å². The number of nitrogens with zero attached hydrogens (tertiary/aromatic N) is 2. The molecule has 2 heterocycles. The fraction of sp³-hybridized carbons (Fsp3) is 0.435. The summed E-state index contributed by atoms with van der Waals surface area (Å²) < 4.78 is 6.40. The Morgan fingerprint density at radius 1 is 1.28 bits per heavy atom. The van der Waals surface area contributed by atoms with Gasteiger partial charge < -0.3 is 4.74 Å². The van der Waals surface area contributed by atoms with Gasteiger partial charge in [0.25, 0.3) is 5.56 Å². The van der Waals surface area contributed by atoms with E-state index in [1.807, 2.05) is 12.1 Å². The first-order valence-electron chi connectivity index (χ1n) is 9.95. The minimum absolute atomic E-state index is 0.0266. The minimum atomic E-state index is -0.365. The summed E-state index contributed by atoms with van der Waals surface area (Å²) in [6, 6.07) is 7.13. The van der Waals surface area contributed by atoms with E-state index in [0.717, 1.165) is 35.0 Å². The summed E-state index contributed by atoms with van der Waals surface area (Å²) in [6.07, 6.45) is 4.74. The van der Waals surface area contributed by atoms with Crippen molar-refractivity contribution in [3.05, 3.63) is 62.5 Å². The smallest absolute Gasteiger partial charge is 0.337 e. The lowest BCUT2D eigenvalue weighted by Crippen LogP contribution is -2.27. The van der Waals surface area contributed by atoms with Crippen LogP contribution in [0.4, 0.5) is 0 Å². The molecule has 0 unspecified atom stereocenters. The zero-order valence-electron chi connectivity index (χ0n) is 17.3. The molecule has 29 heavy (non-hydrogen) atoms. The van der Waals surface area contributed by atoms with Gasteiger partial charge in [-0.2, -0.15) is 0 Å². The number of aromatic nitrogens is 2. The van der Waals surface area contributed by atoms with Crippen LogP contribution in [0.5, 0.6) is 0 Å². The molecule has 1 aliphatic rings. The number of esters is 1. The first-order valence-corrected chi connectivity index (χ1v) is 10.8. The second-order valence-electron chi connectivity index (χ2n) is 8.86. The summed E-state index contributed by atoms with van der Waals surface area (Å²) in [5.41, 5.74) is 2.95. The molecule has 0 saturated carbocycles. The Morgan fingerprint density at radius 2 is 2.00 bits per heavy atom. The molecule has 4 rings (SSSR count). The van der Waals surface area contributed by atoms with Gasteiger partial charge in [0.2, 0.25) is 0 Å². The third kappa shape index (κ3) is 3.73. The van der Waals surface area contributed by atoms with Crippen molar-refractivity contribution in [3.8, 4) is 0 Å². The maximum atomic E-state index is 13.2. The second-order valence-corrected chi connectivity index (χ2v) is 9.94. The third-order valence-corrected chi connectivity index (χ3v) is 7.15. The number of aryl methyl sites for hydroxylation is 1. The van der Waals surface area contributed by atoms with Crippen molar-refractivity contribution >= 4 is 27.5 Å². The predicted octanol–water partition coefficient (Wildman–Crippen LogP) is 4.44. The largest absolute Gasteiger partial charge is 0.465 e. The molecular weight excluding hydrogens is 384 g/mol. The summed E-state index contributed by atoms with van der Waals surface area (Å²) >= 11 is 1.68. The Kier molecular flexibility index (Phi) is 5.07. The summed E-state index contributed by atoms with van der Waals surface area (Å²) in [4.78, 5) is 31.6. The predicted molar refractivity (Wildman–Crippen MR) is 116 cm³/mol. The normalized spacial score (nSPS) is 16.6. The van der Waals surface area contributed by atoms with E-state index in [-0.39, 0.29) is 16.9 Å². The number of thiophene rings is 1. The van der Waals surface area contributed by atoms with Crippen molar-refractivity contribution in [1.29, 1.82) is 0 Å². The van der Waals surface area contributed by atoms with Crippen LogP contribution in [0, 0.1) is 11.3 Å². The fourth-order valence-corrected chi connectivity index (χ4v) is 5.37. The monoisotopic (exact) mass is 410 g/mol. The number of ether oxygens (including phenoxy) is 1. The molecule has 1 aliphatic carbocycles. The molecule has 3 aromatic rings. The minimum Gasteiger partial charge on any atom is -0.465 e. The first kappa shape index (κ1) is 19.8. The molecule has 0 N–H and O–H groups in total. The summed E-state index contributed by atoms with van der Waals surface area (Å²) in [5.74, 6) is 0.272. The first-order chi connectivity index (χ1) is 13.8. The molecule has 5 nitrogen and oxygen atoms in total. The van der Waals surface area contributed by atoms with E-state index in [4.69, 9.17) is 4.74 Å². The third-order valence-electron chi connectivity index (χ3n) is 5.99. The van der Waals surface area contributed by atoms with Crippen LogP contribution >= 0.6 is 11.3 Å². The summed E-state index contributed by atoms with van der Waals surface area (Å²) in [6.45, 7) is 7.32. The Morgan fingerprint density at radius 3 is 2.66 bits per heavy atom. The van der Waals surface area contributed by atoms with Crippen LogP contribution in [0.3, 0.4) is 0 Å². The lowest BCUT2D eigenvalue weighted by molar-refractivity contribution is 0.0600. The van der Waals surface area contributed by atoms with E-state index in [1.54, 1.807) is 34.4 Å². The van der Waals surface area contributed by atoms with Crippen LogP contribution in [-0.2, 0) is 24.1 Å². The van der Waals surface area contributed by atoms with Gasteiger partial charge in [-0.3, -0.25) is 9.36 Å². The number of carbonyl (C=O) groups excluding carboxylic acids is 1. The highest BCUT2D eigenvalue weighted by molar-refractivity contribution is 7.18. The number of benzene rings is 1. The number of hydrogen-bond donors (Lipinski definition) is 0. The van der Waals surface area contributed by atoms with Gasteiger partial charge in [-0.05, 0) is 53.9 Å². The highest BCUT2D eigenvalue weighted by atomic mass is 32.1. The SMILES string of the molecule is COC(=O)c1ccc(Cn2cnc3sc4c(c3c2=O)CC[C@@H](C(C)(C)C)C4)cc1. The number of methoxy groups -OCH3 is 1. The Hall–Kier alpha value is -2.47. The molecular formula is C23H26N2O3S. The van der Waals surface area contributed by atoms with Crippen LogP contribution in [-0.4, -0.2) is 22.6 Å². The van der Waals surface area contributed by atoms with Crippen molar-refractivity contribution in [2.75, 3.05) is 7.11 Å². The van der Waals surface area contributed by atoms with E-state index in [1.165, 1.54) is 17.6 Å². The number of rotatable bonds is 3. The average molecular weight is 411 g/mol. The topological polar surface area (TPSA) is 61.2 Å². The molecule has 2 aromatic heterocycles. The Bertz CT molecular complexity index is 1120. The van der Waals surface area contributed by atoms with Crippen molar-refractivity contribution < 1.29 is 9.53 Å². The van der Waals surface area contributed by atoms with Crippen molar-refractivity contribution in [2.24, 2.45) is 11.3 Å². The molecule has 152 valence electrons. The molecule has 0 aliphatic heterocycles. The Labute approximate surface area is 174 Å². The average Bonchev–Trinajstić information content (AvgIpc) is 3.08. The van der Waals surface area contributed by atoms with E-state index in [9.17, 15) is 9.59 Å². The van der Waals surface area contributed by atoms with Gasteiger partial charge in [-0.1, -0.05) is 32.9 Å². The lowest BCUT2D eigenvalue weighted by atomic mass is 9.72. The van der Waals surface area contributed by atoms with Gasteiger partial charge >= 0.3 is 5.97 Å².